The summed E-state index contributed by atoms with van der Waals surface area (Å²) < 4.78 is 20.5. The van der Waals surface area contributed by atoms with Crippen molar-refractivity contribution in [3.05, 3.63) is 54.6 Å². The van der Waals surface area contributed by atoms with Crippen LogP contribution >= 0.6 is 23.7 Å². The highest BCUT2D eigenvalue weighted by atomic mass is 32.2. The number of aliphatic carboxylic acids is 1. The molecule has 0 fully saturated rings. The normalized spacial score (nSPS) is 17.2. The number of rotatable bonds is 9. The van der Waals surface area contributed by atoms with Crippen LogP contribution < -0.4 is 9.64 Å². The van der Waals surface area contributed by atoms with E-state index in [2.05, 4.69) is 11.8 Å². The van der Waals surface area contributed by atoms with Gasteiger partial charge in [-0.1, -0.05) is 38.0 Å². The van der Waals surface area contributed by atoms with Crippen LogP contribution in [-0.2, 0) is 4.79 Å². The number of aliphatic hydroxyl groups is 1. The van der Waals surface area contributed by atoms with Crippen LogP contribution in [-0.4, -0.2) is 60.5 Å². The van der Waals surface area contributed by atoms with E-state index in [4.69, 9.17) is 25.5 Å². The number of hydrogen-bond donors (Lipinski definition) is 2. The summed E-state index contributed by atoms with van der Waals surface area (Å²) in [7, 11) is 11.9. The molecule has 176 valence electrons. The number of para-hydroxylation sites is 1. The molecule has 0 aromatic heterocycles. The van der Waals surface area contributed by atoms with E-state index in [1.807, 2.05) is 42.7 Å². The predicted octanol–water partition coefficient (Wildman–Crippen LogP) is 4.64. The van der Waals surface area contributed by atoms with Crippen LogP contribution in [0.15, 0.2) is 64.3 Å². The minimum Gasteiger partial charge on any atom is -0.476 e. The molecule has 0 amide bonds. The summed E-state index contributed by atoms with van der Waals surface area (Å²) in [6, 6.07) is 13.2. The second kappa shape index (κ2) is 11.6. The molecular formula is C23H25B2FN2O4S2. The number of carboxylic acids is 1. The van der Waals surface area contributed by atoms with Gasteiger partial charge in [0.2, 0.25) is 5.83 Å². The first kappa shape index (κ1) is 26.5. The number of carbonyl (C=O) groups is 1. The van der Waals surface area contributed by atoms with Crippen molar-refractivity contribution in [3.8, 4) is 5.75 Å². The first-order chi connectivity index (χ1) is 16.2. The molecule has 2 aromatic carbocycles. The van der Waals surface area contributed by atoms with Crippen LogP contribution in [0.5, 0.6) is 5.75 Å². The Kier molecular flexibility index (Phi) is 9.03. The van der Waals surface area contributed by atoms with Crippen molar-refractivity contribution < 1.29 is 24.1 Å². The Morgan fingerprint density at radius 1 is 1.35 bits per heavy atom. The van der Waals surface area contributed by atoms with Gasteiger partial charge in [-0.2, -0.15) is 4.39 Å². The zero-order chi connectivity index (χ0) is 24.9. The third-order valence-electron chi connectivity index (χ3n) is 5.26. The summed E-state index contributed by atoms with van der Waals surface area (Å²) in [5, 5.41) is 19.4. The van der Waals surface area contributed by atoms with Crippen LogP contribution in [0.3, 0.4) is 0 Å². The molecule has 2 N–H and O–H groups in total. The first-order valence-electron chi connectivity index (χ1n) is 10.7. The van der Waals surface area contributed by atoms with Crippen LogP contribution in [0.2, 0.25) is 0 Å². The molecule has 1 unspecified atom stereocenters. The molecule has 0 saturated heterocycles. The summed E-state index contributed by atoms with van der Waals surface area (Å²) >= 11 is 2.57. The third kappa shape index (κ3) is 6.33. The number of unbranched alkanes of at least 4 members (excludes halogenated alkanes) is 1. The van der Waals surface area contributed by atoms with Crippen molar-refractivity contribution in [2.75, 3.05) is 17.7 Å². The molecule has 1 aliphatic heterocycles. The number of nitrogens with zero attached hydrogens (tertiary/aromatic N) is 2. The first-order valence-corrected chi connectivity index (χ1v) is 12.7. The molecule has 2 aromatic rings. The lowest BCUT2D eigenvalue weighted by Gasteiger charge is -2.40. The molecule has 0 saturated carbocycles. The summed E-state index contributed by atoms with van der Waals surface area (Å²) in [6.07, 6.45) is 5.04. The highest BCUT2D eigenvalue weighted by molar-refractivity contribution is 7.98. The molecule has 3 rings (SSSR count). The number of halogens is 1. The Balaban J connectivity index is 2.15. The number of benzene rings is 2. The van der Waals surface area contributed by atoms with Crippen LogP contribution in [0, 0.1) is 0 Å². The lowest BCUT2D eigenvalue weighted by Crippen LogP contribution is -2.53. The van der Waals surface area contributed by atoms with E-state index in [0.29, 0.717) is 22.6 Å². The van der Waals surface area contributed by atoms with Gasteiger partial charge in [0.25, 0.3) is 0 Å². The summed E-state index contributed by atoms with van der Waals surface area (Å²) in [5.41, 5.74) is -0.312. The van der Waals surface area contributed by atoms with Crippen molar-refractivity contribution in [1.29, 1.82) is 0 Å². The SMILES string of the molecule is [B]C([B])(O)N1Sc2cc(O/C=C(\F)C(=O)O)c(SC)cc2N(c2ccccc2)CC1CCCC. The largest absolute Gasteiger partial charge is 0.476 e. The maximum atomic E-state index is 13.6. The number of ether oxygens (including phenoxy) is 1. The van der Waals surface area contributed by atoms with Crippen molar-refractivity contribution in [3.63, 3.8) is 0 Å². The van der Waals surface area contributed by atoms with Gasteiger partial charge in [0.05, 0.1) is 15.5 Å². The fraction of sp³-hybridized carbons (Fsp3) is 0.348. The summed E-state index contributed by atoms with van der Waals surface area (Å²) in [4.78, 5) is 14.3. The molecule has 0 bridgehead atoms. The Morgan fingerprint density at radius 2 is 2.06 bits per heavy atom. The van der Waals surface area contributed by atoms with Gasteiger partial charge in [-0.3, -0.25) is 0 Å². The fourth-order valence-electron chi connectivity index (χ4n) is 3.66. The molecule has 1 heterocycles. The van der Waals surface area contributed by atoms with E-state index in [1.165, 1.54) is 23.7 Å². The van der Waals surface area contributed by atoms with E-state index in [-0.39, 0.29) is 11.8 Å². The van der Waals surface area contributed by atoms with Gasteiger partial charge in [-0.25, -0.2) is 9.10 Å². The maximum absolute atomic E-state index is 13.6. The minimum absolute atomic E-state index is 0.191. The quantitative estimate of drug-likeness (QED) is 0.170. The number of fused-ring (bicyclic) bond motifs is 1. The van der Waals surface area contributed by atoms with Gasteiger partial charge in [0, 0.05) is 23.8 Å². The Morgan fingerprint density at radius 3 is 2.65 bits per heavy atom. The number of anilines is 2. The second-order valence-corrected chi connectivity index (χ2v) is 9.67. The van der Waals surface area contributed by atoms with Crippen molar-refractivity contribution in [2.24, 2.45) is 0 Å². The second-order valence-electron chi connectivity index (χ2n) is 7.80. The van der Waals surface area contributed by atoms with Crippen molar-refractivity contribution in [1.82, 2.24) is 4.31 Å². The maximum Gasteiger partial charge on any atom is 0.368 e. The molecular weight excluding hydrogens is 473 g/mol. The lowest BCUT2D eigenvalue weighted by molar-refractivity contribution is -0.134. The molecule has 34 heavy (non-hydrogen) atoms. The molecule has 1 atom stereocenters. The number of carboxylic acid groups (broad SMARTS) is 1. The summed E-state index contributed by atoms with van der Waals surface area (Å²) in [6.45, 7) is 2.61. The van der Waals surface area contributed by atoms with Crippen molar-refractivity contribution >= 4 is 56.7 Å². The van der Waals surface area contributed by atoms with Gasteiger partial charge in [-0.05, 0) is 48.9 Å². The van der Waals surface area contributed by atoms with E-state index in [9.17, 15) is 14.3 Å². The van der Waals surface area contributed by atoms with E-state index in [0.717, 1.165) is 30.6 Å². The lowest BCUT2D eigenvalue weighted by atomic mass is 9.72. The Bertz CT molecular complexity index is 1040. The van der Waals surface area contributed by atoms with E-state index < -0.39 is 17.3 Å². The van der Waals surface area contributed by atoms with Crippen LogP contribution in [0.1, 0.15) is 26.2 Å². The zero-order valence-electron chi connectivity index (χ0n) is 19.0. The van der Waals surface area contributed by atoms with Gasteiger partial charge >= 0.3 is 5.97 Å². The van der Waals surface area contributed by atoms with Crippen LogP contribution in [0.4, 0.5) is 15.8 Å². The molecule has 1 aliphatic rings. The highest BCUT2D eigenvalue weighted by Gasteiger charge is 2.36. The predicted molar refractivity (Wildman–Crippen MR) is 137 cm³/mol. The van der Waals surface area contributed by atoms with Crippen LogP contribution in [0.25, 0.3) is 0 Å². The smallest absolute Gasteiger partial charge is 0.368 e. The van der Waals surface area contributed by atoms with E-state index in [1.54, 1.807) is 10.4 Å². The van der Waals surface area contributed by atoms with Crippen molar-refractivity contribution in [2.45, 2.75) is 47.5 Å². The average molecular weight is 498 g/mol. The third-order valence-corrected chi connectivity index (χ3v) is 7.33. The number of hydrogen-bond acceptors (Lipinski definition) is 7. The zero-order valence-corrected chi connectivity index (χ0v) is 20.6. The monoisotopic (exact) mass is 498 g/mol. The van der Waals surface area contributed by atoms with E-state index >= 15 is 0 Å². The van der Waals surface area contributed by atoms with Gasteiger partial charge in [-0.15, -0.1) is 11.8 Å². The Hall–Kier alpha value is -2.07. The molecule has 0 aliphatic carbocycles. The fourth-order valence-corrected chi connectivity index (χ4v) is 5.30. The topological polar surface area (TPSA) is 73.2 Å². The summed E-state index contributed by atoms with van der Waals surface area (Å²) in [5.74, 6) is -2.86. The Labute approximate surface area is 210 Å². The molecule has 6 nitrogen and oxygen atoms in total. The van der Waals surface area contributed by atoms with Gasteiger partial charge in [0.1, 0.15) is 27.7 Å². The molecule has 0 spiro atoms. The minimum atomic E-state index is -2.10. The standard InChI is InChI=1S/C23H25B2FN2O4S2/c1-3-4-8-16-13-27(15-9-6-5-7-10-15)18-11-21(33-2)19(32-14-17(26)22(29)30)12-20(18)34-28(16)23(24,25)31/h5-7,9-12,14,16,31H,3-4,8,13H2,1-2H3,(H,29,30)/b17-14-. The molecule has 11 heteroatoms. The van der Waals surface area contributed by atoms with Gasteiger partial charge < -0.3 is 19.8 Å². The number of thioether (sulfide) groups is 1. The highest BCUT2D eigenvalue weighted by Crippen LogP contribution is 2.47. The van der Waals surface area contributed by atoms with Gasteiger partial charge in [0.15, 0.2) is 0 Å². The molecule has 4 radical (unpaired) electrons. The average Bonchev–Trinajstić information content (AvgIpc) is 2.97.